The maximum absolute atomic E-state index is 11.3. The standard InChI is InChI=1S/C12H14O3S/c13-11(8-16)6-10(7-12(14)15)9-4-2-1-3-5-9/h1-5,10,16H,6-8H2,(H,14,15). The van der Waals surface area contributed by atoms with Crippen molar-refractivity contribution in [1.82, 2.24) is 0 Å². The largest absolute Gasteiger partial charge is 0.481 e. The van der Waals surface area contributed by atoms with Crippen LogP contribution < -0.4 is 0 Å². The summed E-state index contributed by atoms with van der Waals surface area (Å²) in [7, 11) is 0. The van der Waals surface area contributed by atoms with Crippen molar-refractivity contribution in [3.8, 4) is 0 Å². The first kappa shape index (κ1) is 12.8. The summed E-state index contributed by atoms with van der Waals surface area (Å²) in [6.45, 7) is 0. The average molecular weight is 238 g/mol. The van der Waals surface area contributed by atoms with Crippen LogP contribution in [0, 0.1) is 0 Å². The highest BCUT2D eigenvalue weighted by Crippen LogP contribution is 2.23. The Bertz CT molecular complexity index is 362. The Morgan fingerprint density at radius 1 is 1.19 bits per heavy atom. The Hall–Kier alpha value is -1.29. The van der Waals surface area contributed by atoms with Crippen molar-refractivity contribution < 1.29 is 14.7 Å². The molecule has 1 unspecified atom stereocenters. The van der Waals surface area contributed by atoms with E-state index in [9.17, 15) is 9.59 Å². The Labute approximate surface area is 99.9 Å². The van der Waals surface area contributed by atoms with E-state index >= 15 is 0 Å². The summed E-state index contributed by atoms with van der Waals surface area (Å²) in [6.07, 6.45) is 0.212. The van der Waals surface area contributed by atoms with E-state index in [4.69, 9.17) is 5.11 Å². The molecule has 1 N–H and O–H groups in total. The van der Waals surface area contributed by atoms with Gasteiger partial charge in [0.25, 0.3) is 0 Å². The van der Waals surface area contributed by atoms with Gasteiger partial charge in [0.05, 0.1) is 6.42 Å². The Kier molecular flexibility index (Phi) is 5.05. The molecule has 0 radical (unpaired) electrons. The van der Waals surface area contributed by atoms with Crippen LogP contribution in [0.4, 0.5) is 0 Å². The first-order chi connectivity index (χ1) is 7.63. The van der Waals surface area contributed by atoms with E-state index in [0.717, 1.165) is 5.56 Å². The number of thiol groups is 1. The SMILES string of the molecule is O=C(O)CC(CC(=O)CS)c1ccccc1. The number of carbonyl (C=O) groups excluding carboxylic acids is 1. The van der Waals surface area contributed by atoms with Crippen LogP contribution >= 0.6 is 12.6 Å². The number of Topliss-reactive ketones (excluding diaryl/α,β-unsaturated/α-hetero) is 1. The summed E-state index contributed by atoms with van der Waals surface area (Å²) >= 11 is 3.90. The minimum Gasteiger partial charge on any atom is -0.481 e. The molecule has 4 heteroatoms. The Morgan fingerprint density at radius 3 is 2.31 bits per heavy atom. The first-order valence-electron chi connectivity index (χ1n) is 5.02. The molecule has 0 amide bonds. The minimum atomic E-state index is -0.888. The molecule has 0 saturated heterocycles. The van der Waals surface area contributed by atoms with Gasteiger partial charge in [-0.05, 0) is 5.56 Å². The quantitative estimate of drug-likeness (QED) is 0.746. The second-order valence-corrected chi connectivity index (χ2v) is 3.92. The van der Waals surface area contributed by atoms with E-state index in [2.05, 4.69) is 12.6 Å². The molecule has 0 aliphatic rings. The summed E-state index contributed by atoms with van der Waals surface area (Å²) in [5.74, 6) is -1.01. The van der Waals surface area contributed by atoms with E-state index < -0.39 is 5.97 Å². The molecule has 1 atom stereocenters. The van der Waals surface area contributed by atoms with E-state index in [1.54, 1.807) is 0 Å². The van der Waals surface area contributed by atoms with Crippen LogP contribution in [0.2, 0.25) is 0 Å². The highest BCUT2D eigenvalue weighted by molar-refractivity contribution is 7.81. The topological polar surface area (TPSA) is 54.4 Å². The van der Waals surface area contributed by atoms with Gasteiger partial charge in [-0.2, -0.15) is 12.6 Å². The van der Waals surface area contributed by atoms with E-state index in [-0.39, 0.29) is 30.3 Å². The predicted molar refractivity (Wildman–Crippen MR) is 64.9 cm³/mol. The fourth-order valence-electron chi connectivity index (χ4n) is 1.58. The lowest BCUT2D eigenvalue weighted by Gasteiger charge is -2.13. The molecule has 0 heterocycles. The molecule has 0 aromatic heterocycles. The van der Waals surface area contributed by atoms with Crippen molar-refractivity contribution in [3.63, 3.8) is 0 Å². The number of rotatable bonds is 6. The number of aliphatic carboxylic acids is 1. The Morgan fingerprint density at radius 2 is 1.81 bits per heavy atom. The van der Waals surface area contributed by atoms with Crippen LogP contribution in [0.1, 0.15) is 24.3 Å². The molecule has 0 bridgehead atoms. The van der Waals surface area contributed by atoms with Crippen molar-refractivity contribution in [2.45, 2.75) is 18.8 Å². The van der Waals surface area contributed by atoms with Crippen LogP contribution in [0.15, 0.2) is 30.3 Å². The van der Waals surface area contributed by atoms with Gasteiger partial charge < -0.3 is 5.11 Å². The number of hydrogen-bond acceptors (Lipinski definition) is 3. The molecular formula is C12H14O3S. The highest BCUT2D eigenvalue weighted by atomic mass is 32.1. The molecule has 0 aliphatic carbocycles. The van der Waals surface area contributed by atoms with Gasteiger partial charge in [-0.3, -0.25) is 9.59 Å². The van der Waals surface area contributed by atoms with Gasteiger partial charge in [-0.15, -0.1) is 0 Å². The van der Waals surface area contributed by atoms with Gasteiger partial charge in [0.2, 0.25) is 0 Å². The fourth-order valence-corrected chi connectivity index (χ4v) is 1.71. The minimum absolute atomic E-state index is 0.0243. The van der Waals surface area contributed by atoms with Crippen molar-refractivity contribution in [2.24, 2.45) is 0 Å². The fraction of sp³-hybridized carbons (Fsp3) is 0.333. The van der Waals surface area contributed by atoms with Crippen LogP contribution in [0.5, 0.6) is 0 Å². The maximum atomic E-state index is 11.3. The molecule has 3 nitrogen and oxygen atoms in total. The lowest BCUT2D eigenvalue weighted by atomic mass is 9.91. The lowest BCUT2D eigenvalue weighted by Crippen LogP contribution is -2.12. The molecule has 1 aromatic carbocycles. The normalized spacial score (nSPS) is 12.1. The first-order valence-corrected chi connectivity index (χ1v) is 5.66. The van der Waals surface area contributed by atoms with Crippen molar-refractivity contribution in [1.29, 1.82) is 0 Å². The van der Waals surface area contributed by atoms with Crippen LogP contribution in [0.25, 0.3) is 0 Å². The van der Waals surface area contributed by atoms with E-state index in [0.29, 0.717) is 0 Å². The molecule has 0 fully saturated rings. The maximum Gasteiger partial charge on any atom is 0.303 e. The second kappa shape index (κ2) is 6.33. The number of hydrogen-bond donors (Lipinski definition) is 2. The number of ketones is 1. The van der Waals surface area contributed by atoms with Gasteiger partial charge in [-0.1, -0.05) is 30.3 Å². The van der Waals surface area contributed by atoms with Crippen LogP contribution in [0.3, 0.4) is 0 Å². The van der Waals surface area contributed by atoms with E-state index in [1.165, 1.54) is 0 Å². The number of benzene rings is 1. The second-order valence-electron chi connectivity index (χ2n) is 3.61. The molecule has 0 aliphatic heterocycles. The zero-order valence-corrected chi connectivity index (χ0v) is 9.69. The molecule has 1 aromatic rings. The van der Waals surface area contributed by atoms with Crippen molar-refractivity contribution >= 4 is 24.4 Å². The van der Waals surface area contributed by atoms with Crippen LogP contribution in [-0.4, -0.2) is 22.6 Å². The van der Waals surface area contributed by atoms with Crippen molar-refractivity contribution in [3.05, 3.63) is 35.9 Å². The van der Waals surface area contributed by atoms with E-state index in [1.807, 2.05) is 30.3 Å². The molecule has 0 spiro atoms. The summed E-state index contributed by atoms with van der Waals surface area (Å²) in [6, 6.07) is 9.24. The average Bonchev–Trinajstić information content (AvgIpc) is 2.28. The van der Waals surface area contributed by atoms with Crippen molar-refractivity contribution in [2.75, 3.05) is 5.75 Å². The summed E-state index contributed by atoms with van der Waals surface area (Å²) in [5.41, 5.74) is 0.889. The van der Waals surface area contributed by atoms with Gasteiger partial charge in [0, 0.05) is 18.1 Å². The smallest absolute Gasteiger partial charge is 0.303 e. The molecule has 1 rings (SSSR count). The molecule has 0 saturated carbocycles. The van der Waals surface area contributed by atoms with Gasteiger partial charge in [0.15, 0.2) is 0 Å². The zero-order valence-electron chi connectivity index (χ0n) is 8.80. The summed E-state index contributed by atoms with van der Waals surface area (Å²) in [4.78, 5) is 22.0. The molecule has 86 valence electrons. The third-order valence-electron chi connectivity index (χ3n) is 2.34. The van der Waals surface area contributed by atoms with Gasteiger partial charge in [-0.25, -0.2) is 0 Å². The third kappa shape index (κ3) is 4.06. The number of carboxylic acids is 1. The monoisotopic (exact) mass is 238 g/mol. The lowest BCUT2D eigenvalue weighted by molar-refractivity contribution is -0.137. The third-order valence-corrected chi connectivity index (χ3v) is 2.70. The summed E-state index contributed by atoms with van der Waals surface area (Å²) in [5, 5.41) is 8.80. The van der Waals surface area contributed by atoms with Gasteiger partial charge >= 0.3 is 5.97 Å². The molecular weight excluding hydrogens is 224 g/mol. The highest BCUT2D eigenvalue weighted by Gasteiger charge is 2.18. The molecule has 16 heavy (non-hydrogen) atoms. The number of carbonyl (C=O) groups is 2. The summed E-state index contributed by atoms with van der Waals surface area (Å²) < 4.78 is 0. The zero-order chi connectivity index (χ0) is 12.0. The number of carboxylic acid groups (broad SMARTS) is 1. The predicted octanol–water partition coefficient (Wildman–Crippen LogP) is 2.13. The Balaban J connectivity index is 2.79. The van der Waals surface area contributed by atoms with Gasteiger partial charge in [0.1, 0.15) is 5.78 Å². The van der Waals surface area contributed by atoms with Crippen LogP contribution in [-0.2, 0) is 9.59 Å².